The van der Waals surface area contributed by atoms with Crippen molar-refractivity contribution in [1.29, 1.82) is 5.41 Å². The minimum absolute atomic E-state index is 0.152. The topological polar surface area (TPSA) is 109 Å². The number of anilines is 1. The van der Waals surface area contributed by atoms with E-state index < -0.39 is 0 Å². The highest BCUT2D eigenvalue weighted by molar-refractivity contribution is 6.17. The molecule has 0 aliphatic rings. The van der Waals surface area contributed by atoms with Crippen molar-refractivity contribution in [2.75, 3.05) is 4.90 Å². The zero-order chi connectivity index (χ0) is 23.4. The van der Waals surface area contributed by atoms with Crippen molar-refractivity contribution in [1.82, 2.24) is 0 Å². The fourth-order valence-electron chi connectivity index (χ4n) is 3.89. The van der Waals surface area contributed by atoms with E-state index in [2.05, 4.69) is 11.9 Å². The monoisotopic (exact) mass is 443 g/mol. The lowest BCUT2D eigenvalue weighted by atomic mass is 10.0. The molecule has 0 heterocycles. The lowest BCUT2D eigenvalue weighted by Gasteiger charge is -2.20. The first-order valence-electron chi connectivity index (χ1n) is 12.6. The number of hydrogen-bond donors (Lipinski definition) is 3. The predicted molar refractivity (Wildman–Crippen MR) is 137 cm³/mol. The molecular formula is C26H45N5O. The van der Waals surface area contributed by atoms with Gasteiger partial charge in [0.05, 0.1) is 5.69 Å². The van der Waals surface area contributed by atoms with E-state index in [1.807, 2.05) is 18.2 Å². The molecule has 1 amide bonds. The number of carbonyl (C=O) groups excluding carboxylic acids is 1. The number of nitrogens with two attached hydrogens (primary N) is 2. The van der Waals surface area contributed by atoms with Crippen molar-refractivity contribution in [3.8, 4) is 0 Å². The van der Waals surface area contributed by atoms with Gasteiger partial charge in [-0.1, -0.05) is 115 Å². The van der Waals surface area contributed by atoms with Gasteiger partial charge < -0.3 is 11.5 Å². The van der Waals surface area contributed by atoms with Crippen LogP contribution in [-0.2, 0) is 4.79 Å². The number of nitrogens with zero attached hydrogens (tertiary/aromatic N) is 2. The SMILES string of the molecule is CCCCCCCCCCCCCCCCCC(=O)N(C(=N)N=C(N)N)c1ccccc1. The van der Waals surface area contributed by atoms with E-state index in [9.17, 15) is 4.79 Å². The Kier molecular flexibility index (Phi) is 15.8. The van der Waals surface area contributed by atoms with E-state index in [1.54, 1.807) is 12.1 Å². The summed E-state index contributed by atoms with van der Waals surface area (Å²) in [7, 11) is 0. The minimum atomic E-state index is -0.248. The Morgan fingerprint density at radius 2 is 1.22 bits per heavy atom. The number of amides is 1. The van der Waals surface area contributed by atoms with E-state index in [0.29, 0.717) is 12.1 Å². The van der Waals surface area contributed by atoms with Crippen molar-refractivity contribution >= 4 is 23.5 Å². The molecule has 0 aliphatic carbocycles. The molecule has 5 N–H and O–H groups in total. The van der Waals surface area contributed by atoms with Crippen LogP contribution in [-0.4, -0.2) is 17.8 Å². The second kappa shape index (κ2) is 18.2. The third-order valence-corrected chi connectivity index (χ3v) is 5.70. The maximum atomic E-state index is 12.7. The van der Waals surface area contributed by atoms with Crippen molar-refractivity contribution < 1.29 is 4.79 Å². The maximum absolute atomic E-state index is 12.7. The largest absolute Gasteiger partial charge is 0.370 e. The number of benzene rings is 1. The highest BCUT2D eigenvalue weighted by atomic mass is 16.2. The quantitative estimate of drug-likeness (QED) is 0.145. The van der Waals surface area contributed by atoms with Crippen molar-refractivity contribution in [2.45, 2.75) is 110 Å². The molecule has 0 radical (unpaired) electrons. The lowest BCUT2D eigenvalue weighted by molar-refractivity contribution is -0.117. The van der Waals surface area contributed by atoms with Crippen LogP contribution in [0.5, 0.6) is 0 Å². The van der Waals surface area contributed by atoms with Crippen LogP contribution in [0.2, 0.25) is 0 Å². The van der Waals surface area contributed by atoms with Gasteiger partial charge in [-0.25, -0.2) is 4.90 Å². The molecule has 0 aromatic heterocycles. The number of guanidine groups is 2. The standard InChI is InChI=1S/C26H45N5O/c1-2-3-4-5-6-7-8-9-10-11-12-13-14-15-19-22-24(32)31(26(29)30-25(27)28)23-20-17-16-18-21-23/h16-18,20-21H,2-15,19,22H2,1H3,(H5,27,28,29,30). The summed E-state index contributed by atoms with van der Waals surface area (Å²) in [4.78, 5) is 17.8. The highest BCUT2D eigenvalue weighted by Gasteiger charge is 2.20. The van der Waals surface area contributed by atoms with Crippen LogP contribution >= 0.6 is 0 Å². The molecule has 0 saturated heterocycles. The van der Waals surface area contributed by atoms with Gasteiger partial charge in [-0.05, 0) is 18.6 Å². The Balaban J connectivity index is 2.14. The average Bonchev–Trinajstić information content (AvgIpc) is 2.77. The number of hydrogen-bond acceptors (Lipinski definition) is 2. The molecule has 0 aliphatic heterocycles. The van der Waals surface area contributed by atoms with Gasteiger partial charge in [0.1, 0.15) is 0 Å². The van der Waals surface area contributed by atoms with Gasteiger partial charge in [-0.2, -0.15) is 4.99 Å². The first-order valence-corrected chi connectivity index (χ1v) is 12.6. The van der Waals surface area contributed by atoms with E-state index in [1.165, 1.54) is 81.9 Å². The average molecular weight is 444 g/mol. The van der Waals surface area contributed by atoms with Crippen molar-refractivity contribution in [2.24, 2.45) is 16.5 Å². The first-order chi connectivity index (χ1) is 15.6. The summed E-state index contributed by atoms with van der Waals surface area (Å²) in [6.45, 7) is 2.27. The third kappa shape index (κ3) is 13.1. The number of rotatable bonds is 17. The molecule has 0 unspecified atom stereocenters. The fraction of sp³-hybridized carbons (Fsp3) is 0.654. The van der Waals surface area contributed by atoms with Crippen LogP contribution in [0, 0.1) is 5.41 Å². The molecule has 6 heteroatoms. The molecule has 6 nitrogen and oxygen atoms in total. The van der Waals surface area contributed by atoms with Crippen LogP contribution in [0.3, 0.4) is 0 Å². The lowest BCUT2D eigenvalue weighted by Crippen LogP contribution is -2.37. The highest BCUT2D eigenvalue weighted by Crippen LogP contribution is 2.18. The molecule has 1 aromatic carbocycles. The fourth-order valence-corrected chi connectivity index (χ4v) is 3.89. The zero-order valence-corrected chi connectivity index (χ0v) is 20.2. The van der Waals surface area contributed by atoms with Crippen molar-refractivity contribution in [3.63, 3.8) is 0 Å². The summed E-state index contributed by atoms with van der Waals surface area (Å²) in [5.74, 6) is -0.626. The molecule has 180 valence electrons. The van der Waals surface area contributed by atoms with Gasteiger partial charge in [-0.15, -0.1) is 0 Å². The minimum Gasteiger partial charge on any atom is -0.370 e. The molecule has 0 fully saturated rings. The summed E-state index contributed by atoms with van der Waals surface area (Å²) in [5.41, 5.74) is 11.4. The van der Waals surface area contributed by atoms with Gasteiger partial charge >= 0.3 is 0 Å². The molecular weight excluding hydrogens is 398 g/mol. The molecule has 0 bridgehead atoms. The third-order valence-electron chi connectivity index (χ3n) is 5.70. The summed E-state index contributed by atoms with van der Waals surface area (Å²) in [5, 5.41) is 8.09. The maximum Gasteiger partial charge on any atom is 0.233 e. The normalized spacial score (nSPS) is 10.7. The van der Waals surface area contributed by atoms with Crippen molar-refractivity contribution in [3.05, 3.63) is 30.3 Å². The van der Waals surface area contributed by atoms with E-state index in [0.717, 1.165) is 19.3 Å². The van der Waals surface area contributed by atoms with E-state index in [-0.39, 0.29) is 17.8 Å². The number of aliphatic imine (C=N–C) groups is 1. The van der Waals surface area contributed by atoms with Gasteiger partial charge in [0.2, 0.25) is 11.9 Å². The molecule has 32 heavy (non-hydrogen) atoms. The Morgan fingerprint density at radius 1 is 0.781 bits per heavy atom. The predicted octanol–water partition coefficient (Wildman–Crippen LogP) is 6.49. The second-order valence-corrected chi connectivity index (χ2v) is 8.62. The molecule has 0 spiro atoms. The Bertz CT molecular complexity index is 655. The summed E-state index contributed by atoms with van der Waals surface area (Å²) in [6.07, 6.45) is 19.7. The van der Waals surface area contributed by atoms with Crippen LogP contribution in [0.25, 0.3) is 0 Å². The van der Waals surface area contributed by atoms with E-state index in [4.69, 9.17) is 16.9 Å². The molecule has 1 rings (SSSR count). The number of unbranched alkanes of at least 4 members (excludes halogenated alkanes) is 14. The van der Waals surface area contributed by atoms with Crippen LogP contribution < -0.4 is 16.4 Å². The van der Waals surface area contributed by atoms with E-state index >= 15 is 0 Å². The van der Waals surface area contributed by atoms with Gasteiger partial charge in [0.15, 0.2) is 5.96 Å². The summed E-state index contributed by atoms with van der Waals surface area (Å²) in [6, 6.07) is 9.07. The number of nitrogens with one attached hydrogen (secondary N) is 1. The Morgan fingerprint density at radius 3 is 1.66 bits per heavy atom. The zero-order valence-electron chi connectivity index (χ0n) is 20.2. The van der Waals surface area contributed by atoms with Crippen LogP contribution in [0.15, 0.2) is 35.3 Å². The second-order valence-electron chi connectivity index (χ2n) is 8.62. The molecule has 1 aromatic rings. The van der Waals surface area contributed by atoms with Gasteiger partial charge in [0, 0.05) is 6.42 Å². The smallest absolute Gasteiger partial charge is 0.233 e. The molecule has 0 saturated carbocycles. The Labute approximate surface area is 195 Å². The summed E-state index contributed by atoms with van der Waals surface area (Å²) >= 11 is 0. The van der Waals surface area contributed by atoms with Gasteiger partial charge in [0.25, 0.3) is 0 Å². The van der Waals surface area contributed by atoms with Gasteiger partial charge in [-0.3, -0.25) is 10.2 Å². The Hall–Kier alpha value is -2.37. The van der Waals surface area contributed by atoms with Crippen LogP contribution in [0.1, 0.15) is 110 Å². The number of para-hydroxylation sites is 1. The number of carbonyl (C=O) groups is 1. The molecule has 0 atom stereocenters. The van der Waals surface area contributed by atoms with Crippen LogP contribution in [0.4, 0.5) is 5.69 Å². The summed E-state index contributed by atoms with van der Waals surface area (Å²) < 4.78 is 0. The first kappa shape index (κ1) is 27.7.